The molecule has 2 fully saturated rings. The normalized spacial score (nSPS) is 23.3. The molecule has 2 saturated heterocycles. The predicted molar refractivity (Wildman–Crippen MR) is 82.4 cm³/mol. The van der Waals surface area contributed by atoms with Crippen LogP contribution in [-0.2, 0) is 9.53 Å². The van der Waals surface area contributed by atoms with Crippen LogP contribution in [0.2, 0.25) is 0 Å². The fraction of sp³-hybridized carbons (Fsp3) is 0.529. The molecule has 2 aliphatic heterocycles. The number of rotatable bonds is 2. The lowest BCUT2D eigenvalue weighted by molar-refractivity contribution is -0.139. The van der Waals surface area contributed by atoms with E-state index in [1.165, 1.54) is 5.69 Å². The maximum atomic E-state index is 12.9. The van der Waals surface area contributed by atoms with Gasteiger partial charge >= 0.3 is 0 Å². The van der Waals surface area contributed by atoms with E-state index in [1.807, 2.05) is 24.5 Å². The average molecular weight is 299 g/mol. The number of fused-ring (bicyclic) bond motifs is 1. The summed E-state index contributed by atoms with van der Waals surface area (Å²) in [5, 5.41) is 0. The minimum atomic E-state index is 0.136. The van der Waals surface area contributed by atoms with Crippen molar-refractivity contribution in [3.63, 3.8) is 0 Å². The molecule has 5 nitrogen and oxygen atoms in total. The molecule has 1 amide bonds. The number of nitrogens with zero attached hydrogens (tertiary/aromatic N) is 3. The van der Waals surface area contributed by atoms with Gasteiger partial charge in [-0.1, -0.05) is 6.07 Å². The van der Waals surface area contributed by atoms with Gasteiger partial charge in [0.25, 0.3) is 0 Å². The van der Waals surface area contributed by atoms with Crippen molar-refractivity contribution in [1.82, 2.24) is 14.3 Å². The lowest BCUT2D eigenvalue weighted by Crippen LogP contribution is -2.38. The van der Waals surface area contributed by atoms with E-state index in [-0.39, 0.29) is 12.0 Å². The Kier molecular flexibility index (Phi) is 3.58. The molecule has 22 heavy (non-hydrogen) atoms. The molecule has 4 heterocycles. The van der Waals surface area contributed by atoms with Crippen LogP contribution in [0.5, 0.6) is 0 Å². The number of hydrogen-bond acceptors (Lipinski definition) is 3. The van der Waals surface area contributed by atoms with Crippen molar-refractivity contribution in [2.45, 2.75) is 31.7 Å². The van der Waals surface area contributed by atoms with Crippen LogP contribution < -0.4 is 0 Å². The second-order valence-corrected chi connectivity index (χ2v) is 6.18. The van der Waals surface area contributed by atoms with Gasteiger partial charge in [0.05, 0.1) is 6.04 Å². The summed E-state index contributed by atoms with van der Waals surface area (Å²) in [6.45, 7) is 2.30. The zero-order chi connectivity index (χ0) is 14.9. The Morgan fingerprint density at radius 2 is 2.09 bits per heavy atom. The number of imidazole rings is 1. The van der Waals surface area contributed by atoms with E-state index >= 15 is 0 Å². The fourth-order valence-corrected chi connectivity index (χ4v) is 3.76. The van der Waals surface area contributed by atoms with E-state index < -0.39 is 0 Å². The van der Waals surface area contributed by atoms with Crippen molar-refractivity contribution in [2.75, 3.05) is 19.8 Å². The summed E-state index contributed by atoms with van der Waals surface area (Å²) in [5.74, 6) is 0.444. The van der Waals surface area contributed by atoms with E-state index in [9.17, 15) is 4.79 Å². The Labute approximate surface area is 129 Å². The third-order valence-electron chi connectivity index (χ3n) is 4.91. The van der Waals surface area contributed by atoms with Gasteiger partial charge in [-0.25, -0.2) is 4.98 Å². The highest BCUT2D eigenvalue weighted by Crippen LogP contribution is 2.34. The molecule has 0 aromatic carbocycles. The third kappa shape index (κ3) is 2.29. The maximum absolute atomic E-state index is 12.9. The van der Waals surface area contributed by atoms with E-state index in [0.29, 0.717) is 19.1 Å². The van der Waals surface area contributed by atoms with Gasteiger partial charge in [0.1, 0.15) is 5.65 Å². The summed E-state index contributed by atoms with van der Waals surface area (Å²) in [6, 6.07) is 6.33. The van der Waals surface area contributed by atoms with E-state index in [0.717, 1.165) is 37.9 Å². The molecule has 2 aromatic rings. The summed E-state index contributed by atoms with van der Waals surface area (Å²) < 4.78 is 7.50. The van der Waals surface area contributed by atoms with Crippen LogP contribution in [0, 0.1) is 5.92 Å². The molecule has 1 atom stereocenters. The van der Waals surface area contributed by atoms with Crippen molar-refractivity contribution in [2.24, 2.45) is 5.92 Å². The molecule has 2 aromatic heterocycles. The smallest absolute Gasteiger partial charge is 0.226 e. The van der Waals surface area contributed by atoms with Crippen LogP contribution in [-0.4, -0.2) is 40.0 Å². The Morgan fingerprint density at radius 1 is 1.23 bits per heavy atom. The minimum Gasteiger partial charge on any atom is -0.381 e. The second-order valence-electron chi connectivity index (χ2n) is 6.18. The van der Waals surface area contributed by atoms with Crippen LogP contribution in [0.4, 0.5) is 0 Å². The SMILES string of the molecule is O=C(C1CCOCC1)N1CCC[C@@H]1c1cccc2nccn12. The van der Waals surface area contributed by atoms with Gasteiger partial charge < -0.3 is 14.0 Å². The average Bonchev–Trinajstić information content (AvgIpc) is 3.23. The van der Waals surface area contributed by atoms with Gasteiger partial charge in [-0.15, -0.1) is 0 Å². The molecular weight excluding hydrogens is 278 g/mol. The van der Waals surface area contributed by atoms with Gasteiger partial charge in [0.2, 0.25) is 5.91 Å². The molecule has 0 spiro atoms. The number of likely N-dealkylation sites (tertiary alicyclic amines) is 1. The topological polar surface area (TPSA) is 46.8 Å². The lowest BCUT2D eigenvalue weighted by Gasteiger charge is -2.31. The number of amides is 1. The molecular formula is C17H21N3O2. The van der Waals surface area contributed by atoms with E-state index in [1.54, 1.807) is 0 Å². The standard InChI is InChI=1S/C17H21N3O2/c21-17(13-6-11-22-12-7-13)20-9-2-4-15(20)14-3-1-5-16-18-8-10-19(14)16/h1,3,5,8,10,13,15H,2,4,6-7,9,11-12H2/t15-/m1/s1. The number of pyridine rings is 1. The van der Waals surface area contributed by atoms with Crippen molar-refractivity contribution < 1.29 is 9.53 Å². The first-order valence-electron chi connectivity index (χ1n) is 8.15. The second kappa shape index (κ2) is 5.72. The molecule has 4 rings (SSSR count). The number of carbonyl (C=O) groups is 1. The summed E-state index contributed by atoms with van der Waals surface area (Å²) >= 11 is 0. The molecule has 0 bridgehead atoms. The number of hydrogen-bond donors (Lipinski definition) is 0. The number of aromatic nitrogens is 2. The number of ether oxygens (including phenoxy) is 1. The quantitative estimate of drug-likeness (QED) is 0.855. The highest BCUT2D eigenvalue weighted by Gasteiger charge is 2.35. The molecule has 116 valence electrons. The van der Waals surface area contributed by atoms with Gasteiger partial charge in [0, 0.05) is 43.8 Å². The predicted octanol–water partition coefficient (Wildman–Crippen LogP) is 2.42. The van der Waals surface area contributed by atoms with Crippen LogP contribution in [0.3, 0.4) is 0 Å². The largest absolute Gasteiger partial charge is 0.381 e. The van der Waals surface area contributed by atoms with Crippen LogP contribution in [0.1, 0.15) is 37.4 Å². The fourth-order valence-electron chi connectivity index (χ4n) is 3.76. The van der Waals surface area contributed by atoms with Crippen LogP contribution >= 0.6 is 0 Å². The van der Waals surface area contributed by atoms with Gasteiger partial charge in [-0.05, 0) is 37.8 Å². The third-order valence-corrected chi connectivity index (χ3v) is 4.91. The summed E-state index contributed by atoms with van der Waals surface area (Å²) in [4.78, 5) is 19.3. The minimum absolute atomic E-state index is 0.136. The number of carbonyl (C=O) groups excluding carboxylic acids is 1. The zero-order valence-corrected chi connectivity index (χ0v) is 12.6. The molecule has 0 aliphatic carbocycles. The first-order valence-corrected chi connectivity index (χ1v) is 8.15. The summed E-state index contributed by atoms with van der Waals surface area (Å²) in [6.07, 6.45) is 7.63. The van der Waals surface area contributed by atoms with Crippen LogP contribution in [0.15, 0.2) is 30.6 Å². The highest BCUT2D eigenvalue weighted by molar-refractivity contribution is 5.79. The monoisotopic (exact) mass is 299 g/mol. The van der Waals surface area contributed by atoms with E-state index in [2.05, 4.69) is 20.4 Å². The summed E-state index contributed by atoms with van der Waals surface area (Å²) in [5.41, 5.74) is 2.12. The first kappa shape index (κ1) is 13.8. The van der Waals surface area contributed by atoms with Crippen molar-refractivity contribution in [1.29, 1.82) is 0 Å². The van der Waals surface area contributed by atoms with Crippen molar-refractivity contribution in [3.8, 4) is 0 Å². The van der Waals surface area contributed by atoms with Gasteiger partial charge in [-0.2, -0.15) is 0 Å². The molecule has 2 aliphatic rings. The van der Waals surface area contributed by atoms with Gasteiger partial charge in [0.15, 0.2) is 0 Å². The van der Waals surface area contributed by atoms with E-state index in [4.69, 9.17) is 4.74 Å². The lowest BCUT2D eigenvalue weighted by atomic mass is 9.98. The zero-order valence-electron chi connectivity index (χ0n) is 12.6. The Balaban J connectivity index is 1.63. The van der Waals surface area contributed by atoms with Gasteiger partial charge in [-0.3, -0.25) is 4.79 Å². The molecule has 0 unspecified atom stereocenters. The Morgan fingerprint density at radius 3 is 2.95 bits per heavy atom. The Hall–Kier alpha value is -1.88. The first-order chi connectivity index (χ1) is 10.8. The molecule has 0 radical (unpaired) electrons. The van der Waals surface area contributed by atoms with Crippen LogP contribution in [0.25, 0.3) is 5.65 Å². The Bertz CT molecular complexity index is 675. The maximum Gasteiger partial charge on any atom is 0.226 e. The molecule has 0 N–H and O–H groups in total. The summed E-state index contributed by atoms with van der Waals surface area (Å²) in [7, 11) is 0. The van der Waals surface area contributed by atoms with Crippen molar-refractivity contribution >= 4 is 11.6 Å². The molecule has 0 saturated carbocycles. The molecule has 5 heteroatoms. The van der Waals surface area contributed by atoms with Crippen molar-refractivity contribution in [3.05, 3.63) is 36.3 Å². The highest BCUT2D eigenvalue weighted by atomic mass is 16.5.